The van der Waals surface area contributed by atoms with Gasteiger partial charge in [0.05, 0.1) is 6.04 Å². The van der Waals surface area contributed by atoms with Crippen LogP contribution in [0.1, 0.15) is 73.9 Å². The Kier molecular flexibility index (Phi) is 7.06. The lowest BCUT2D eigenvalue weighted by atomic mass is 9.97. The van der Waals surface area contributed by atoms with Crippen molar-refractivity contribution in [2.75, 3.05) is 0 Å². The molecule has 2 rings (SSSR count). The summed E-state index contributed by atoms with van der Waals surface area (Å²) in [6.45, 7) is 14.4. The molecular formula is C24H33NO2. The highest BCUT2D eigenvalue weighted by Gasteiger charge is 2.21. The monoisotopic (exact) mass is 367 g/mol. The maximum absolute atomic E-state index is 12.8. The summed E-state index contributed by atoms with van der Waals surface area (Å²) in [5.41, 5.74) is 5.86. The molecule has 0 fully saturated rings. The van der Waals surface area contributed by atoms with Crippen LogP contribution >= 0.6 is 0 Å². The molecule has 0 heterocycles. The average Bonchev–Trinajstić information content (AvgIpc) is 2.59. The van der Waals surface area contributed by atoms with Crippen LogP contribution in [0.3, 0.4) is 0 Å². The van der Waals surface area contributed by atoms with Crippen LogP contribution in [0.2, 0.25) is 0 Å². The van der Waals surface area contributed by atoms with Gasteiger partial charge < -0.3 is 10.1 Å². The lowest BCUT2D eigenvalue weighted by Crippen LogP contribution is -2.38. The Morgan fingerprint density at radius 2 is 1.56 bits per heavy atom. The van der Waals surface area contributed by atoms with Crippen LogP contribution in [0.5, 0.6) is 5.75 Å². The van der Waals surface area contributed by atoms with E-state index in [0.717, 1.165) is 23.3 Å². The minimum atomic E-state index is -0.552. The van der Waals surface area contributed by atoms with Gasteiger partial charge in [0.2, 0.25) is 0 Å². The highest BCUT2D eigenvalue weighted by atomic mass is 16.5. The van der Waals surface area contributed by atoms with Crippen LogP contribution in [0.15, 0.2) is 36.4 Å². The molecule has 1 N–H and O–H groups in total. The van der Waals surface area contributed by atoms with E-state index in [1.165, 1.54) is 16.7 Å². The average molecular weight is 368 g/mol. The van der Waals surface area contributed by atoms with Gasteiger partial charge in [-0.15, -0.1) is 0 Å². The van der Waals surface area contributed by atoms with Gasteiger partial charge in [0.15, 0.2) is 6.10 Å². The lowest BCUT2D eigenvalue weighted by Gasteiger charge is -2.24. The molecule has 3 nitrogen and oxygen atoms in total. The van der Waals surface area contributed by atoms with E-state index in [4.69, 9.17) is 4.74 Å². The normalized spacial score (nSPS) is 13.3. The molecule has 0 aliphatic heterocycles. The third-order valence-electron chi connectivity index (χ3n) is 4.99. The maximum Gasteiger partial charge on any atom is 0.261 e. The molecule has 27 heavy (non-hydrogen) atoms. The van der Waals surface area contributed by atoms with E-state index in [-0.39, 0.29) is 11.9 Å². The molecule has 0 spiro atoms. The Morgan fingerprint density at radius 3 is 2.11 bits per heavy atom. The SMILES string of the molecule is CCC(NC(=O)C(C)Oc1cc(C)ccc1C(C)C)c1ccc(C)cc1C. The number of ether oxygens (including phenoxy) is 1. The summed E-state index contributed by atoms with van der Waals surface area (Å²) in [4.78, 5) is 12.8. The molecule has 0 bridgehead atoms. The number of hydrogen-bond acceptors (Lipinski definition) is 2. The molecule has 2 aromatic carbocycles. The van der Waals surface area contributed by atoms with Gasteiger partial charge in [-0.2, -0.15) is 0 Å². The van der Waals surface area contributed by atoms with Crippen molar-refractivity contribution in [1.29, 1.82) is 0 Å². The fraction of sp³-hybridized carbons (Fsp3) is 0.458. The van der Waals surface area contributed by atoms with Crippen molar-refractivity contribution in [3.8, 4) is 5.75 Å². The molecule has 2 atom stereocenters. The van der Waals surface area contributed by atoms with Crippen molar-refractivity contribution in [3.63, 3.8) is 0 Å². The Balaban J connectivity index is 2.14. The Morgan fingerprint density at radius 1 is 0.963 bits per heavy atom. The van der Waals surface area contributed by atoms with E-state index in [0.29, 0.717) is 5.92 Å². The third kappa shape index (κ3) is 5.35. The van der Waals surface area contributed by atoms with Crippen LogP contribution < -0.4 is 10.1 Å². The molecule has 0 aromatic heterocycles. The zero-order valence-corrected chi connectivity index (χ0v) is 17.7. The van der Waals surface area contributed by atoms with Gasteiger partial charge in [-0.3, -0.25) is 4.79 Å². The summed E-state index contributed by atoms with van der Waals surface area (Å²) in [7, 11) is 0. The van der Waals surface area contributed by atoms with Crippen molar-refractivity contribution >= 4 is 5.91 Å². The number of aryl methyl sites for hydroxylation is 3. The topological polar surface area (TPSA) is 38.3 Å². The highest BCUT2D eigenvalue weighted by molar-refractivity contribution is 5.81. The Bertz CT molecular complexity index is 795. The van der Waals surface area contributed by atoms with Crippen LogP contribution in [0.4, 0.5) is 0 Å². The van der Waals surface area contributed by atoms with Crippen molar-refractivity contribution in [2.45, 2.75) is 73.0 Å². The lowest BCUT2D eigenvalue weighted by molar-refractivity contribution is -0.128. The first-order chi connectivity index (χ1) is 12.7. The first-order valence-electron chi connectivity index (χ1n) is 9.87. The summed E-state index contributed by atoms with van der Waals surface area (Å²) in [6.07, 6.45) is 0.286. The second-order valence-corrected chi connectivity index (χ2v) is 7.79. The zero-order valence-electron chi connectivity index (χ0n) is 17.7. The molecule has 2 unspecified atom stereocenters. The number of rotatable bonds is 7. The first-order valence-corrected chi connectivity index (χ1v) is 9.87. The first kappa shape index (κ1) is 21.0. The van der Waals surface area contributed by atoms with Gasteiger partial charge in [-0.1, -0.05) is 56.7 Å². The van der Waals surface area contributed by atoms with Crippen LogP contribution in [0.25, 0.3) is 0 Å². The van der Waals surface area contributed by atoms with E-state index in [9.17, 15) is 4.79 Å². The van der Waals surface area contributed by atoms with E-state index in [2.05, 4.69) is 70.3 Å². The van der Waals surface area contributed by atoms with Crippen molar-refractivity contribution in [1.82, 2.24) is 5.32 Å². The molecule has 0 aliphatic rings. The van der Waals surface area contributed by atoms with Crippen LogP contribution in [0, 0.1) is 20.8 Å². The van der Waals surface area contributed by atoms with Gasteiger partial charge in [-0.25, -0.2) is 0 Å². The summed E-state index contributed by atoms with van der Waals surface area (Å²) in [5.74, 6) is 1.06. The molecule has 1 amide bonds. The minimum absolute atomic E-state index is 0.00812. The van der Waals surface area contributed by atoms with Crippen molar-refractivity contribution in [3.05, 3.63) is 64.2 Å². The fourth-order valence-electron chi connectivity index (χ4n) is 3.37. The molecule has 2 aromatic rings. The van der Waals surface area contributed by atoms with Crippen molar-refractivity contribution in [2.24, 2.45) is 0 Å². The number of benzene rings is 2. The van der Waals surface area contributed by atoms with Crippen molar-refractivity contribution < 1.29 is 9.53 Å². The van der Waals surface area contributed by atoms with Gasteiger partial charge in [0.25, 0.3) is 5.91 Å². The summed E-state index contributed by atoms with van der Waals surface area (Å²) < 4.78 is 6.07. The second-order valence-electron chi connectivity index (χ2n) is 7.79. The maximum atomic E-state index is 12.8. The third-order valence-corrected chi connectivity index (χ3v) is 4.99. The molecule has 0 saturated carbocycles. The fourth-order valence-corrected chi connectivity index (χ4v) is 3.37. The standard InChI is InChI=1S/C24H33NO2/c1-8-22(21-12-10-16(4)13-18(21)6)25-24(26)19(7)27-23-14-17(5)9-11-20(23)15(2)3/h9-15,19,22H,8H2,1-7H3,(H,25,26). The highest BCUT2D eigenvalue weighted by Crippen LogP contribution is 2.28. The number of nitrogens with one attached hydrogen (secondary N) is 1. The summed E-state index contributed by atoms with van der Waals surface area (Å²) in [5, 5.41) is 3.16. The summed E-state index contributed by atoms with van der Waals surface area (Å²) >= 11 is 0. The molecule has 146 valence electrons. The summed E-state index contributed by atoms with van der Waals surface area (Å²) in [6, 6.07) is 12.5. The second kappa shape index (κ2) is 9.07. The van der Waals surface area contributed by atoms with Gasteiger partial charge in [0.1, 0.15) is 5.75 Å². The molecule has 0 radical (unpaired) electrons. The predicted octanol–water partition coefficient (Wildman–Crippen LogP) is 5.77. The predicted molar refractivity (Wildman–Crippen MR) is 112 cm³/mol. The molecule has 0 saturated heterocycles. The van der Waals surface area contributed by atoms with Crippen LogP contribution in [-0.4, -0.2) is 12.0 Å². The quantitative estimate of drug-likeness (QED) is 0.674. The Labute approximate surface area is 164 Å². The zero-order chi connectivity index (χ0) is 20.1. The molecule has 0 aliphatic carbocycles. The Hall–Kier alpha value is -2.29. The minimum Gasteiger partial charge on any atom is -0.481 e. The van der Waals surface area contributed by atoms with Crippen LogP contribution in [-0.2, 0) is 4.79 Å². The van der Waals surface area contributed by atoms with Gasteiger partial charge in [0, 0.05) is 0 Å². The number of hydrogen-bond donors (Lipinski definition) is 1. The number of carbonyl (C=O) groups is 1. The molecular weight excluding hydrogens is 334 g/mol. The molecule has 3 heteroatoms. The largest absolute Gasteiger partial charge is 0.481 e. The van der Waals surface area contributed by atoms with Gasteiger partial charge in [-0.05, 0) is 68.4 Å². The van der Waals surface area contributed by atoms with E-state index in [1.807, 2.05) is 19.9 Å². The smallest absolute Gasteiger partial charge is 0.261 e. The van der Waals surface area contributed by atoms with Gasteiger partial charge >= 0.3 is 0 Å². The van der Waals surface area contributed by atoms with E-state index >= 15 is 0 Å². The van der Waals surface area contributed by atoms with E-state index in [1.54, 1.807) is 0 Å². The number of amides is 1. The number of carbonyl (C=O) groups excluding carboxylic acids is 1. The van der Waals surface area contributed by atoms with E-state index < -0.39 is 6.10 Å².